The Morgan fingerprint density at radius 3 is 2.91 bits per heavy atom. The van der Waals surface area contributed by atoms with Gasteiger partial charge in [0.15, 0.2) is 5.16 Å². The molecule has 0 fully saturated rings. The number of thioether (sulfide) groups is 1. The number of thiophene rings is 2. The van der Waals surface area contributed by atoms with Crippen LogP contribution in [0.4, 0.5) is 5.00 Å². The van der Waals surface area contributed by atoms with Crippen LogP contribution in [0.3, 0.4) is 0 Å². The van der Waals surface area contributed by atoms with Crippen molar-refractivity contribution in [2.45, 2.75) is 63.6 Å². The molecule has 0 aliphatic heterocycles. The summed E-state index contributed by atoms with van der Waals surface area (Å²) in [6, 6.07) is 2.30. The van der Waals surface area contributed by atoms with E-state index in [1.807, 2.05) is 0 Å². The molecule has 0 radical (unpaired) electrons. The lowest BCUT2D eigenvalue weighted by atomic mass is 9.89. The van der Waals surface area contributed by atoms with Crippen LogP contribution in [0.1, 0.15) is 52.6 Å². The molecule has 2 aliphatic rings. The van der Waals surface area contributed by atoms with Crippen molar-refractivity contribution >= 4 is 55.6 Å². The highest BCUT2D eigenvalue weighted by molar-refractivity contribution is 7.99. The van der Waals surface area contributed by atoms with Crippen molar-refractivity contribution in [2.75, 3.05) is 11.1 Å². The lowest BCUT2D eigenvalue weighted by molar-refractivity contribution is -0.113. The third-order valence-electron chi connectivity index (χ3n) is 6.56. The molecule has 3 aromatic rings. The Hall–Kier alpha value is -2.41. The second-order valence-electron chi connectivity index (χ2n) is 8.99. The number of anilines is 1. The van der Waals surface area contributed by atoms with Crippen molar-refractivity contribution in [3.63, 3.8) is 0 Å². The van der Waals surface area contributed by atoms with Crippen LogP contribution < -0.4 is 10.9 Å². The molecule has 0 unspecified atom stereocenters. The normalized spacial score (nSPS) is 17.1. The number of nitrogens with zero attached hydrogens (tertiary/aromatic N) is 3. The Morgan fingerprint density at radius 1 is 1.29 bits per heavy atom. The molecule has 2 aliphatic carbocycles. The smallest absolute Gasteiger partial charge is 0.263 e. The minimum absolute atomic E-state index is 0.0426. The van der Waals surface area contributed by atoms with Crippen LogP contribution in [0.2, 0.25) is 0 Å². The number of fused-ring (bicyclic) bond motifs is 4. The molecule has 0 spiro atoms. The van der Waals surface area contributed by atoms with Crippen LogP contribution in [0.15, 0.2) is 22.6 Å². The predicted molar refractivity (Wildman–Crippen MR) is 140 cm³/mol. The third-order valence-corrected chi connectivity index (χ3v) is 9.89. The number of hydrogen-bond acceptors (Lipinski definition) is 7. The number of aromatic nitrogens is 2. The van der Waals surface area contributed by atoms with Gasteiger partial charge in [0.25, 0.3) is 5.56 Å². The third kappa shape index (κ3) is 4.23. The van der Waals surface area contributed by atoms with Crippen LogP contribution >= 0.6 is 34.4 Å². The van der Waals surface area contributed by atoms with Gasteiger partial charge in [0, 0.05) is 16.3 Å². The number of nitriles is 1. The number of aryl methyl sites for hydroxylation is 2. The molecule has 0 bridgehead atoms. The van der Waals surface area contributed by atoms with Gasteiger partial charge in [0.2, 0.25) is 5.91 Å². The van der Waals surface area contributed by atoms with Crippen molar-refractivity contribution in [1.29, 1.82) is 5.26 Å². The summed E-state index contributed by atoms with van der Waals surface area (Å²) in [6.07, 6.45) is 8.80. The first-order chi connectivity index (χ1) is 16.5. The molecule has 1 N–H and O–H groups in total. The van der Waals surface area contributed by atoms with E-state index in [9.17, 15) is 14.9 Å². The van der Waals surface area contributed by atoms with Crippen LogP contribution in [0.5, 0.6) is 0 Å². The fraction of sp³-hybridized carbons (Fsp3) is 0.440. The zero-order valence-electron chi connectivity index (χ0n) is 19.1. The molecule has 6 nitrogen and oxygen atoms in total. The first kappa shape index (κ1) is 23.3. The maximum atomic E-state index is 13.4. The summed E-state index contributed by atoms with van der Waals surface area (Å²) in [7, 11) is 0. The molecule has 3 heterocycles. The standard InChI is InChI=1S/C25H26N4O2S3/c1-3-10-29-24(31)21-16-6-4-5-7-18(16)33-23(21)28-25(29)32-13-20(30)27-22-17(12-26)15-9-8-14(2)11-19(15)34-22/h3,14H,1,4-11,13H2,2H3,(H,27,30)/t14-/m0/s1. The first-order valence-electron chi connectivity index (χ1n) is 11.6. The molecule has 0 aromatic carbocycles. The molecule has 5 rings (SSSR count). The number of amides is 1. The average Bonchev–Trinajstić information content (AvgIpc) is 3.36. The Bertz CT molecular complexity index is 1390. The Labute approximate surface area is 210 Å². The molecule has 3 aromatic heterocycles. The number of carbonyl (C=O) groups excluding carboxylic acids is 1. The molecule has 0 saturated carbocycles. The van der Waals surface area contributed by atoms with E-state index in [0.29, 0.717) is 28.2 Å². The van der Waals surface area contributed by atoms with Gasteiger partial charge in [-0.25, -0.2) is 4.98 Å². The quantitative estimate of drug-likeness (QED) is 0.276. The van der Waals surface area contributed by atoms with Gasteiger partial charge >= 0.3 is 0 Å². The predicted octanol–water partition coefficient (Wildman–Crippen LogP) is 5.31. The second kappa shape index (κ2) is 9.68. The molecule has 34 heavy (non-hydrogen) atoms. The van der Waals surface area contributed by atoms with Gasteiger partial charge in [-0.2, -0.15) is 5.26 Å². The summed E-state index contributed by atoms with van der Waals surface area (Å²) < 4.78 is 1.63. The molecule has 176 valence electrons. The fourth-order valence-corrected chi connectivity index (χ4v) is 8.36. The minimum Gasteiger partial charge on any atom is -0.316 e. The van der Waals surface area contributed by atoms with Crippen LogP contribution in [0, 0.1) is 17.2 Å². The average molecular weight is 511 g/mol. The van der Waals surface area contributed by atoms with Gasteiger partial charge in [-0.05, 0) is 62.0 Å². The van der Waals surface area contributed by atoms with Crippen LogP contribution in [-0.4, -0.2) is 21.2 Å². The Balaban J connectivity index is 1.38. The number of hydrogen-bond donors (Lipinski definition) is 1. The highest BCUT2D eigenvalue weighted by Crippen LogP contribution is 2.39. The van der Waals surface area contributed by atoms with E-state index >= 15 is 0 Å². The SMILES string of the molecule is C=CCn1c(SCC(=O)Nc2sc3c(c2C#N)CC[C@H](C)C3)nc2sc3c(c2c1=O)CCCC3. The van der Waals surface area contributed by atoms with E-state index in [1.165, 1.54) is 32.9 Å². The molecular formula is C25H26N4O2S3. The molecular weight excluding hydrogens is 485 g/mol. The largest absolute Gasteiger partial charge is 0.316 e. The zero-order valence-corrected chi connectivity index (χ0v) is 21.6. The van der Waals surface area contributed by atoms with Crippen molar-refractivity contribution in [2.24, 2.45) is 5.92 Å². The summed E-state index contributed by atoms with van der Waals surface area (Å²) >= 11 is 4.40. The van der Waals surface area contributed by atoms with Crippen molar-refractivity contribution in [3.8, 4) is 6.07 Å². The molecule has 1 atom stereocenters. The maximum Gasteiger partial charge on any atom is 0.263 e. The van der Waals surface area contributed by atoms with Crippen LogP contribution in [-0.2, 0) is 37.0 Å². The lowest BCUT2D eigenvalue weighted by Crippen LogP contribution is -2.24. The van der Waals surface area contributed by atoms with Gasteiger partial charge in [-0.1, -0.05) is 24.8 Å². The highest BCUT2D eigenvalue weighted by Gasteiger charge is 2.25. The fourth-order valence-electron chi connectivity index (χ4n) is 4.87. The monoisotopic (exact) mass is 510 g/mol. The summed E-state index contributed by atoms with van der Waals surface area (Å²) in [5.74, 6) is 0.518. The van der Waals surface area contributed by atoms with Gasteiger partial charge in [0.05, 0.1) is 16.7 Å². The molecule has 1 amide bonds. The summed E-state index contributed by atoms with van der Waals surface area (Å²) in [6.45, 7) is 6.37. The van der Waals surface area contributed by atoms with Crippen molar-refractivity contribution < 1.29 is 4.79 Å². The van der Waals surface area contributed by atoms with E-state index in [2.05, 4.69) is 24.9 Å². The second-order valence-corrected chi connectivity index (χ2v) is 12.1. The van der Waals surface area contributed by atoms with Crippen LogP contribution in [0.25, 0.3) is 10.2 Å². The maximum absolute atomic E-state index is 13.4. The van der Waals surface area contributed by atoms with E-state index in [4.69, 9.17) is 4.98 Å². The summed E-state index contributed by atoms with van der Waals surface area (Å²) in [5.41, 5.74) is 2.83. The Kier molecular flexibility index (Phi) is 6.65. The number of allylic oxidation sites excluding steroid dienone is 1. The summed E-state index contributed by atoms with van der Waals surface area (Å²) in [5, 5.41) is 14.6. The topological polar surface area (TPSA) is 87.8 Å². The molecule has 0 saturated heterocycles. The van der Waals surface area contributed by atoms with Gasteiger partial charge in [-0.15, -0.1) is 29.3 Å². The number of nitrogens with one attached hydrogen (secondary N) is 1. The van der Waals surface area contributed by atoms with E-state index in [1.54, 1.807) is 22.0 Å². The zero-order chi connectivity index (χ0) is 23.8. The highest BCUT2D eigenvalue weighted by atomic mass is 32.2. The van der Waals surface area contributed by atoms with Crippen molar-refractivity contribution in [1.82, 2.24) is 9.55 Å². The first-order valence-corrected chi connectivity index (χ1v) is 14.2. The number of carbonyl (C=O) groups is 1. The number of rotatable bonds is 6. The van der Waals surface area contributed by atoms with E-state index in [-0.39, 0.29) is 17.2 Å². The van der Waals surface area contributed by atoms with Gasteiger partial charge in [-0.3, -0.25) is 14.2 Å². The van der Waals surface area contributed by atoms with E-state index in [0.717, 1.165) is 66.3 Å². The van der Waals surface area contributed by atoms with Gasteiger partial charge in [0.1, 0.15) is 15.9 Å². The molecule has 9 heteroatoms. The van der Waals surface area contributed by atoms with E-state index < -0.39 is 0 Å². The minimum atomic E-state index is -0.196. The van der Waals surface area contributed by atoms with Crippen molar-refractivity contribution in [3.05, 3.63) is 49.5 Å². The Morgan fingerprint density at radius 2 is 2.12 bits per heavy atom. The summed E-state index contributed by atoms with van der Waals surface area (Å²) in [4.78, 5) is 34.3. The van der Waals surface area contributed by atoms with Gasteiger partial charge < -0.3 is 5.32 Å². The lowest BCUT2D eigenvalue weighted by Gasteiger charge is -2.17.